The van der Waals surface area contributed by atoms with Gasteiger partial charge >= 0.3 is 0 Å². The molecule has 1 spiro atoms. The number of hydrogen-bond acceptors (Lipinski definition) is 6. The molecule has 3 fully saturated rings. The van der Waals surface area contributed by atoms with Crippen molar-refractivity contribution in [2.45, 2.75) is 44.8 Å². The molecule has 2 aromatic rings. The van der Waals surface area contributed by atoms with Crippen LogP contribution in [0.3, 0.4) is 0 Å². The predicted octanol–water partition coefficient (Wildman–Crippen LogP) is 2.35. The van der Waals surface area contributed by atoms with Crippen LogP contribution in [0.4, 0.5) is 5.95 Å². The van der Waals surface area contributed by atoms with Gasteiger partial charge in [0, 0.05) is 36.8 Å². The highest BCUT2D eigenvalue weighted by Crippen LogP contribution is 2.55. The van der Waals surface area contributed by atoms with E-state index in [1.165, 1.54) is 6.26 Å². The van der Waals surface area contributed by atoms with Crippen molar-refractivity contribution in [1.82, 2.24) is 15.3 Å². The molecule has 2 aromatic heterocycles. The summed E-state index contributed by atoms with van der Waals surface area (Å²) in [5.41, 5.74) is 2.12. The summed E-state index contributed by atoms with van der Waals surface area (Å²) in [5.74, 6) is 1.70. The maximum atomic E-state index is 12.3. The molecule has 0 aliphatic carbocycles. The van der Waals surface area contributed by atoms with Crippen molar-refractivity contribution in [2.75, 3.05) is 24.5 Å². The molecular formula is C21H26N4O3. The van der Waals surface area contributed by atoms with Crippen molar-refractivity contribution in [3.05, 3.63) is 41.6 Å². The predicted molar refractivity (Wildman–Crippen MR) is 103 cm³/mol. The molecule has 3 aliphatic heterocycles. The lowest BCUT2D eigenvalue weighted by Gasteiger charge is -2.29. The zero-order chi connectivity index (χ0) is 19.3. The van der Waals surface area contributed by atoms with E-state index in [-0.39, 0.29) is 17.6 Å². The molecule has 0 unspecified atom stereocenters. The molecule has 0 aromatic carbocycles. The molecule has 4 atom stereocenters. The molecule has 5 heterocycles. The van der Waals surface area contributed by atoms with Gasteiger partial charge in [0.2, 0.25) is 5.95 Å². The van der Waals surface area contributed by atoms with Gasteiger partial charge < -0.3 is 19.4 Å². The molecule has 7 heteroatoms. The Balaban J connectivity index is 1.32. The normalized spacial score (nSPS) is 30.6. The third-order valence-electron chi connectivity index (χ3n) is 6.71. The van der Waals surface area contributed by atoms with Crippen LogP contribution in [0.5, 0.6) is 0 Å². The fraction of sp³-hybridized carbons (Fsp3) is 0.571. The van der Waals surface area contributed by atoms with Crippen LogP contribution in [0.15, 0.2) is 29.0 Å². The smallest absolute Gasteiger partial charge is 0.286 e. The lowest BCUT2D eigenvalue weighted by atomic mass is 9.73. The third-order valence-corrected chi connectivity index (χ3v) is 6.71. The molecule has 3 saturated heterocycles. The number of nitrogens with one attached hydrogen (secondary N) is 1. The summed E-state index contributed by atoms with van der Waals surface area (Å²) in [7, 11) is 0. The minimum atomic E-state index is -0.161. The number of aryl methyl sites for hydroxylation is 2. The first-order valence-corrected chi connectivity index (χ1v) is 10.2. The Kier molecular flexibility index (Phi) is 4.16. The van der Waals surface area contributed by atoms with Crippen LogP contribution < -0.4 is 10.2 Å². The van der Waals surface area contributed by atoms with Gasteiger partial charge in [-0.3, -0.25) is 4.79 Å². The van der Waals surface area contributed by atoms with Gasteiger partial charge in [-0.15, -0.1) is 0 Å². The summed E-state index contributed by atoms with van der Waals surface area (Å²) >= 11 is 0. The standard InChI is InChI=1S/C21H26N4O3/c1-3-16-13(2)9-23-20(24-16)25-11-15-14(17-6-7-21(15,12-25)28-17)10-22-19(26)18-5-4-8-27-18/h4-5,8-9,14-15,17H,3,6-7,10-12H2,1-2H3,(H,22,26)/t14-,15+,17+,21+/m0/s1. The van der Waals surface area contributed by atoms with Gasteiger partial charge in [-0.1, -0.05) is 6.92 Å². The van der Waals surface area contributed by atoms with E-state index in [1.807, 2.05) is 6.20 Å². The van der Waals surface area contributed by atoms with Crippen LogP contribution in [0.25, 0.3) is 0 Å². The summed E-state index contributed by atoms with van der Waals surface area (Å²) in [6, 6.07) is 3.41. The Labute approximate surface area is 164 Å². The lowest BCUT2D eigenvalue weighted by molar-refractivity contribution is 0.0141. The average Bonchev–Trinajstić information content (AvgIpc) is 3.46. The number of ether oxygens (including phenoxy) is 1. The first kappa shape index (κ1) is 17.7. The van der Waals surface area contributed by atoms with Gasteiger partial charge in [-0.05, 0) is 43.9 Å². The van der Waals surface area contributed by atoms with E-state index in [4.69, 9.17) is 14.1 Å². The number of carbonyl (C=O) groups is 1. The van der Waals surface area contributed by atoms with E-state index in [0.717, 1.165) is 49.6 Å². The monoisotopic (exact) mass is 382 g/mol. The van der Waals surface area contributed by atoms with E-state index < -0.39 is 0 Å². The number of anilines is 1. The van der Waals surface area contributed by atoms with Crippen molar-refractivity contribution in [3.8, 4) is 0 Å². The van der Waals surface area contributed by atoms with Gasteiger partial charge in [0.05, 0.1) is 24.5 Å². The SMILES string of the molecule is CCc1nc(N2C[C@@H]3[C@H](CNC(=O)c4ccco4)[C@H]4CC[C@]3(C2)O4)ncc1C. The molecule has 28 heavy (non-hydrogen) atoms. The third kappa shape index (κ3) is 2.71. The molecule has 148 valence electrons. The number of amides is 1. The minimum Gasteiger partial charge on any atom is -0.459 e. The maximum absolute atomic E-state index is 12.3. The van der Waals surface area contributed by atoms with Gasteiger partial charge in [0.15, 0.2) is 5.76 Å². The quantitative estimate of drug-likeness (QED) is 0.855. The van der Waals surface area contributed by atoms with Crippen LogP contribution in [0.1, 0.15) is 41.6 Å². The Hall–Kier alpha value is -2.41. The Morgan fingerprint density at radius 3 is 3.14 bits per heavy atom. The molecule has 5 rings (SSSR count). The van der Waals surface area contributed by atoms with Crippen LogP contribution in [-0.4, -0.2) is 47.2 Å². The summed E-state index contributed by atoms with van der Waals surface area (Å²) in [6.45, 7) is 6.51. The van der Waals surface area contributed by atoms with E-state index in [2.05, 4.69) is 29.0 Å². The van der Waals surface area contributed by atoms with Gasteiger partial charge in [0.1, 0.15) is 0 Å². The van der Waals surface area contributed by atoms with Crippen molar-refractivity contribution < 1.29 is 13.9 Å². The molecule has 1 N–H and O–H groups in total. The Morgan fingerprint density at radius 2 is 2.36 bits per heavy atom. The topological polar surface area (TPSA) is 80.5 Å². The highest BCUT2D eigenvalue weighted by molar-refractivity contribution is 5.91. The highest BCUT2D eigenvalue weighted by atomic mass is 16.5. The molecule has 0 radical (unpaired) electrons. The largest absolute Gasteiger partial charge is 0.459 e. The van der Waals surface area contributed by atoms with Crippen LogP contribution in [0, 0.1) is 18.8 Å². The number of nitrogens with zero attached hydrogens (tertiary/aromatic N) is 3. The molecule has 0 saturated carbocycles. The summed E-state index contributed by atoms with van der Waals surface area (Å²) in [6.07, 6.45) is 6.71. The lowest BCUT2D eigenvalue weighted by Crippen LogP contribution is -2.41. The van der Waals surface area contributed by atoms with Gasteiger partial charge in [0.25, 0.3) is 5.91 Å². The zero-order valence-corrected chi connectivity index (χ0v) is 16.4. The number of hydrogen-bond donors (Lipinski definition) is 1. The van der Waals surface area contributed by atoms with Gasteiger partial charge in [-0.2, -0.15) is 0 Å². The molecule has 3 aliphatic rings. The Morgan fingerprint density at radius 1 is 1.46 bits per heavy atom. The summed E-state index contributed by atoms with van der Waals surface area (Å²) in [5, 5.41) is 3.04. The number of aromatic nitrogens is 2. The first-order valence-electron chi connectivity index (χ1n) is 10.2. The number of carbonyl (C=O) groups excluding carboxylic acids is 1. The van der Waals surface area contributed by atoms with Crippen molar-refractivity contribution in [2.24, 2.45) is 11.8 Å². The molecule has 2 bridgehead atoms. The van der Waals surface area contributed by atoms with E-state index in [1.54, 1.807) is 12.1 Å². The second-order valence-corrected chi connectivity index (χ2v) is 8.25. The van der Waals surface area contributed by atoms with E-state index in [0.29, 0.717) is 24.1 Å². The minimum absolute atomic E-state index is 0.120. The highest BCUT2D eigenvalue weighted by Gasteiger charge is 2.63. The van der Waals surface area contributed by atoms with Crippen LogP contribution >= 0.6 is 0 Å². The molecule has 7 nitrogen and oxygen atoms in total. The van der Waals surface area contributed by atoms with Crippen molar-refractivity contribution in [3.63, 3.8) is 0 Å². The zero-order valence-electron chi connectivity index (χ0n) is 16.4. The van der Waals surface area contributed by atoms with Gasteiger partial charge in [-0.25, -0.2) is 9.97 Å². The average molecular weight is 382 g/mol. The second-order valence-electron chi connectivity index (χ2n) is 8.25. The second kappa shape index (κ2) is 6.58. The van der Waals surface area contributed by atoms with Crippen LogP contribution in [0.2, 0.25) is 0 Å². The fourth-order valence-corrected chi connectivity index (χ4v) is 5.30. The molecular weight excluding hydrogens is 356 g/mol. The first-order chi connectivity index (χ1) is 13.6. The molecule has 1 amide bonds. The van der Waals surface area contributed by atoms with E-state index in [9.17, 15) is 4.79 Å². The number of furan rings is 1. The maximum Gasteiger partial charge on any atom is 0.286 e. The summed E-state index contributed by atoms with van der Waals surface area (Å²) < 4.78 is 11.7. The number of fused-ring (bicyclic) bond motifs is 1. The van der Waals surface area contributed by atoms with Crippen molar-refractivity contribution in [1.29, 1.82) is 0 Å². The van der Waals surface area contributed by atoms with E-state index >= 15 is 0 Å². The number of rotatable bonds is 5. The Bertz CT molecular complexity index is 884. The van der Waals surface area contributed by atoms with Crippen molar-refractivity contribution >= 4 is 11.9 Å². The fourth-order valence-electron chi connectivity index (χ4n) is 5.30. The van der Waals surface area contributed by atoms with Crippen LogP contribution in [-0.2, 0) is 11.2 Å². The summed E-state index contributed by atoms with van der Waals surface area (Å²) in [4.78, 5) is 23.9.